The molecule has 0 unspecified atom stereocenters. The molecule has 0 aromatic heterocycles. The van der Waals surface area contributed by atoms with Crippen LogP contribution in [0.4, 0.5) is 4.79 Å². The van der Waals surface area contributed by atoms with E-state index in [0.717, 1.165) is 33.4 Å². The molecule has 0 aliphatic carbocycles. The minimum Gasteiger partial charge on any atom is -0.395 e. The van der Waals surface area contributed by atoms with E-state index in [2.05, 4.69) is 37.4 Å². The largest absolute Gasteiger partial charge is 0.519 e. The van der Waals surface area contributed by atoms with Crippen molar-refractivity contribution in [2.75, 3.05) is 0 Å². The van der Waals surface area contributed by atoms with Gasteiger partial charge in [-0.05, 0) is 71.5 Å². The van der Waals surface area contributed by atoms with Crippen molar-refractivity contribution in [1.29, 1.82) is 0 Å². The predicted molar refractivity (Wildman–Crippen MR) is 138 cm³/mol. The summed E-state index contributed by atoms with van der Waals surface area (Å²) < 4.78 is 10.6. The quantitative estimate of drug-likeness (QED) is 0.222. The van der Waals surface area contributed by atoms with Gasteiger partial charge in [0.15, 0.2) is 0 Å². The molecule has 0 spiro atoms. The molecule has 0 N–H and O–H groups in total. The monoisotopic (exact) mass is 446 g/mol. The van der Waals surface area contributed by atoms with Gasteiger partial charge in [-0.2, -0.15) is 0 Å². The second-order valence-corrected chi connectivity index (χ2v) is 8.19. The summed E-state index contributed by atoms with van der Waals surface area (Å²) in [5.41, 5.74) is 8.21. The van der Waals surface area contributed by atoms with Gasteiger partial charge in [-0.1, -0.05) is 97.1 Å². The lowest BCUT2D eigenvalue weighted by Gasteiger charge is -2.10. The second-order valence-electron chi connectivity index (χ2n) is 8.19. The fourth-order valence-corrected chi connectivity index (χ4v) is 3.50. The van der Waals surface area contributed by atoms with E-state index in [1.807, 2.05) is 62.4 Å². The Labute approximate surface area is 200 Å². The average Bonchev–Trinajstić information content (AvgIpc) is 2.85. The zero-order valence-electron chi connectivity index (χ0n) is 19.4. The lowest BCUT2D eigenvalue weighted by molar-refractivity contribution is 0.152. The molecule has 0 bridgehead atoms. The topological polar surface area (TPSA) is 35.5 Å². The highest BCUT2D eigenvalue weighted by Gasteiger charge is 2.10. The number of ether oxygens (including phenoxy) is 2. The Bertz CT molecular complexity index is 1210. The van der Waals surface area contributed by atoms with Crippen LogP contribution in [0, 0.1) is 13.8 Å². The van der Waals surface area contributed by atoms with E-state index >= 15 is 0 Å². The van der Waals surface area contributed by atoms with Crippen LogP contribution in [0.3, 0.4) is 0 Å². The minimum atomic E-state index is -0.796. The molecule has 0 saturated carbocycles. The molecule has 0 heterocycles. The molecule has 34 heavy (non-hydrogen) atoms. The van der Waals surface area contributed by atoms with Crippen LogP contribution in [0.2, 0.25) is 0 Å². The first-order valence-corrected chi connectivity index (χ1v) is 11.0. The predicted octanol–water partition coefficient (Wildman–Crippen LogP) is 8.00. The maximum Gasteiger partial charge on any atom is 0.519 e. The first-order valence-electron chi connectivity index (χ1n) is 11.0. The van der Waals surface area contributed by atoms with Gasteiger partial charge in [-0.3, -0.25) is 0 Å². The lowest BCUT2D eigenvalue weighted by atomic mass is 9.99. The molecule has 4 aromatic carbocycles. The minimum absolute atomic E-state index is 0.398. The smallest absolute Gasteiger partial charge is 0.395 e. The van der Waals surface area contributed by atoms with E-state index in [1.54, 1.807) is 24.3 Å². The van der Waals surface area contributed by atoms with Gasteiger partial charge in [-0.15, -0.1) is 0 Å². The summed E-state index contributed by atoms with van der Waals surface area (Å²) in [7, 11) is 0. The summed E-state index contributed by atoms with van der Waals surface area (Å²) in [6.45, 7) is 12.5. The van der Waals surface area contributed by atoms with Crippen molar-refractivity contribution in [1.82, 2.24) is 0 Å². The Morgan fingerprint density at radius 3 is 1.06 bits per heavy atom. The third kappa shape index (κ3) is 5.51. The van der Waals surface area contributed by atoms with Crippen LogP contribution in [-0.4, -0.2) is 6.16 Å². The van der Waals surface area contributed by atoms with Crippen molar-refractivity contribution in [2.24, 2.45) is 0 Å². The van der Waals surface area contributed by atoms with Crippen molar-refractivity contribution in [3.8, 4) is 11.5 Å². The van der Waals surface area contributed by atoms with E-state index < -0.39 is 6.16 Å². The molecular formula is C31H26O3. The average molecular weight is 447 g/mol. The van der Waals surface area contributed by atoms with E-state index in [9.17, 15) is 4.79 Å². The first-order chi connectivity index (χ1) is 16.4. The fourth-order valence-electron chi connectivity index (χ4n) is 3.50. The zero-order chi connectivity index (χ0) is 24.1. The number of hydrogen-bond donors (Lipinski definition) is 0. The molecule has 168 valence electrons. The molecule has 0 aliphatic rings. The van der Waals surface area contributed by atoms with Gasteiger partial charge in [0.25, 0.3) is 0 Å². The van der Waals surface area contributed by atoms with Crippen molar-refractivity contribution >= 4 is 17.3 Å². The summed E-state index contributed by atoms with van der Waals surface area (Å²) >= 11 is 0. The van der Waals surface area contributed by atoms with Crippen LogP contribution >= 0.6 is 0 Å². The maximum atomic E-state index is 12.2. The van der Waals surface area contributed by atoms with Gasteiger partial charge in [0.05, 0.1) is 0 Å². The van der Waals surface area contributed by atoms with Gasteiger partial charge >= 0.3 is 6.16 Å². The van der Waals surface area contributed by atoms with Crippen LogP contribution in [0.15, 0.2) is 110 Å². The Morgan fingerprint density at radius 2 is 0.765 bits per heavy atom. The molecule has 3 nitrogen and oxygen atoms in total. The SMILES string of the molecule is C=C(c1ccc(C)cc1)c1ccc(OC(=O)Oc2ccc(C(=C)c3ccc(C)cc3)cc2)cc1. The number of carbonyl (C=O) groups is 1. The zero-order valence-corrected chi connectivity index (χ0v) is 19.4. The fraction of sp³-hybridized carbons (Fsp3) is 0.0645. The number of benzene rings is 4. The molecule has 4 rings (SSSR count). The van der Waals surface area contributed by atoms with Gasteiger partial charge in [-0.25, -0.2) is 4.79 Å². The van der Waals surface area contributed by atoms with Crippen LogP contribution < -0.4 is 9.47 Å². The van der Waals surface area contributed by atoms with Gasteiger partial charge in [0.1, 0.15) is 11.5 Å². The van der Waals surface area contributed by atoms with Crippen LogP contribution in [0.25, 0.3) is 11.1 Å². The Hall–Kier alpha value is -4.37. The lowest BCUT2D eigenvalue weighted by Crippen LogP contribution is -2.13. The van der Waals surface area contributed by atoms with Crippen molar-refractivity contribution in [3.05, 3.63) is 144 Å². The third-order valence-electron chi connectivity index (χ3n) is 5.61. The standard InChI is InChI=1S/C31H26O3/c1-21-5-9-25(10-6-21)23(3)27-13-17-29(18-14-27)33-31(32)34-30-19-15-28(16-20-30)24(4)26-11-7-22(2)8-12-26/h5-20H,3-4H2,1-2H3. The molecule has 0 atom stereocenters. The van der Waals surface area contributed by atoms with Crippen LogP contribution in [-0.2, 0) is 0 Å². The molecule has 0 saturated heterocycles. The number of hydrogen-bond acceptors (Lipinski definition) is 3. The Morgan fingerprint density at radius 1 is 0.500 bits per heavy atom. The summed E-state index contributed by atoms with van der Waals surface area (Å²) in [6.07, 6.45) is -0.796. The highest BCUT2D eigenvalue weighted by molar-refractivity contribution is 5.79. The Kier molecular flexibility index (Phi) is 6.74. The molecular weight excluding hydrogens is 420 g/mol. The normalized spacial score (nSPS) is 10.4. The van der Waals surface area contributed by atoms with Crippen molar-refractivity contribution in [3.63, 3.8) is 0 Å². The van der Waals surface area contributed by atoms with E-state index in [1.165, 1.54) is 11.1 Å². The number of aryl methyl sites for hydroxylation is 2. The summed E-state index contributed by atoms with van der Waals surface area (Å²) in [6, 6.07) is 30.8. The highest BCUT2D eigenvalue weighted by atomic mass is 16.7. The van der Waals surface area contributed by atoms with Gasteiger partial charge < -0.3 is 9.47 Å². The van der Waals surface area contributed by atoms with Crippen LogP contribution in [0.5, 0.6) is 11.5 Å². The molecule has 4 aromatic rings. The van der Waals surface area contributed by atoms with E-state index in [0.29, 0.717) is 11.5 Å². The van der Waals surface area contributed by atoms with Gasteiger partial charge in [0, 0.05) is 0 Å². The maximum absolute atomic E-state index is 12.2. The third-order valence-corrected chi connectivity index (χ3v) is 5.61. The second kappa shape index (κ2) is 10.1. The summed E-state index contributed by atoms with van der Waals surface area (Å²) in [5.74, 6) is 0.796. The molecule has 0 amide bonds. The van der Waals surface area contributed by atoms with E-state index in [4.69, 9.17) is 9.47 Å². The van der Waals surface area contributed by atoms with Gasteiger partial charge in [0.2, 0.25) is 0 Å². The van der Waals surface area contributed by atoms with E-state index in [-0.39, 0.29) is 0 Å². The summed E-state index contributed by atoms with van der Waals surface area (Å²) in [5, 5.41) is 0. The molecule has 3 heteroatoms. The molecule has 0 fully saturated rings. The number of carbonyl (C=O) groups excluding carboxylic acids is 1. The number of rotatable bonds is 6. The molecule has 0 aliphatic heterocycles. The van der Waals surface area contributed by atoms with Crippen LogP contribution in [0.1, 0.15) is 33.4 Å². The van der Waals surface area contributed by atoms with Crippen molar-refractivity contribution in [2.45, 2.75) is 13.8 Å². The molecule has 0 radical (unpaired) electrons. The summed E-state index contributed by atoms with van der Waals surface area (Å²) in [4.78, 5) is 12.2. The Balaban J connectivity index is 1.35. The van der Waals surface area contributed by atoms with Crippen molar-refractivity contribution < 1.29 is 14.3 Å². The highest BCUT2D eigenvalue weighted by Crippen LogP contribution is 2.26. The first kappa shape index (κ1) is 22.8.